The number of fused-ring (bicyclic) bond motifs is 3. The molecule has 2 fully saturated rings. The Hall–Kier alpha value is -0.570. The fourth-order valence-electron chi connectivity index (χ4n) is 3.82. The number of halogens is 1. The first kappa shape index (κ1) is 12.2. The van der Waals surface area contributed by atoms with Gasteiger partial charge >= 0.3 is 0 Å². The molecule has 19 heavy (non-hydrogen) atoms. The zero-order valence-corrected chi connectivity index (χ0v) is 12.5. The maximum absolute atomic E-state index is 6.36. The molecule has 1 nitrogen and oxygen atoms in total. The standard InChI is InChI=1S/C16H18ClNS/c17-12-7-13-5-6-14(8-12)18(13)9-11-10-19-16-4-2-1-3-15(11)16/h1-4,10,12-14H,5-9H2. The number of benzene rings is 1. The molecule has 2 bridgehead atoms. The van der Waals surface area contributed by atoms with E-state index < -0.39 is 0 Å². The highest BCUT2D eigenvalue weighted by atomic mass is 35.5. The monoisotopic (exact) mass is 291 g/mol. The molecular formula is C16H18ClNS. The van der Waals surface area contributed by atoms with E-state index in [4.69, 9.17) is 11.6 Å². The summed E-state index contributed by atoms with van der Waals surface area (Å²) in [5.74, 6) is 0. The highest BCUT2D eigenvalue weighted by molar-refractivity contribution is 7.17. The molecule has 4 rings (SSSR count). The van der Waals surface area contributed by atoms with E-state index in [2.05, 4.69) is 34.5 Å². The molecular weight excluding hydrogens is 274 g/mol. The van der Waals surface area contributed by atoms with Crippen molar-refractivity contribution in [2.24, 2.45) is 0 Å². The second kappa shape index (κ2) is 4.76. The Balaban J connectivity index is 1.62. The third kappa shape index (κ3) is 2.10. The number of nitrogens with zero attached hydrogens (tertiary/aromatic N) is 1. The lowest BCUT2D eigenvalue weighted by molar-refractivity contribution is 0.135. The Kier molecular flexibility index (Phi) is 3.06. The first-order valence-electron chi connectivity index (χ1n) is 7.16. The summed E-state index contributed by atoms with van der Waals surface area (Å²) in [6, 6.07) is 10.2. The minimum atomic E-state index is 0.410. The van der Waals surface area contributed by atoms with Gasteiger partial charge in [0.1, 0.15) is 0 Å². The minimum absolute atomic E-state index is 0.410. The fraction of sp³-hybridized carbons (Fsp3) is 0.500. The van der Waals surface area contributed by atoms with Crippen molar-refractivity contribution in [1.82, 2.24) is 4.90 Å². The van der Waals surface area contributed by atoms with Gasteiger partial charge in [0.2, 0.25) is 0 Å². The molecule has 0 radical (unpaired) electrons. The molecule has 2 aromatic rings. The predicted molar refractivity (Wildman–Crippen MR) is 83.1 cm³/mol. The normalized spacial score (nSPS) is 31.1. The number of piperidine rings is 1. The molecule has 2 atom stereocenters. The Morgan fingerprint density at radius 2 is 1.89 bits per heavy atom. The molecule has 2 aliphatic heterocycles. The molecule has 3 heteroatoms. The molecule has 0 N–H and O–H groups in total. The number of hydrogen-bond donors (Lipinski definition) is 0. The average molecular weight is 292 g/mol. The van der Waals surface area contributed by atoms with Crippen LogP contribution in [0, 0.1) is 0 Å². The number of rotatable bonds is 2. The second-order valence-electron chi connectivity index (χ2n) is 5.88. The summed E-state index contributed by atoms with van der Waals surface area (Å²) in [6.07, 6.45) is 5.05. The Bertz CT molecular complexity index is 579. The molecule has 1 aromatic carbocycles. The molecule has 2 unspecified atom stereocenters. The van der Waals surface area contributed by atoms with Gasteiger partial charge in [-0.2, -0.15) is 0 Å². The molecule has 0 aliphatic carbocycles. The van der Waals surface area contributed by atoms with Gasteiger partial charge in [0.25, 0.3) is 0 Å². The summed E-state index contributed by atoms with van der Waals surface area (Å²) < 4.78 is 1.41. The molecule has 100 valence electrons. The smallest absolute Gasteiger partial charge is 0.0365 e. The van der Waals surface area contributed by atoms with Gasteiger partial charge in [0.05, 0.1) is 0 Å². The van der Waals surface area contributed by atoms with Crippen molar-refractivity contribution in [2.75, 3.05) is 0 Å². The largest absolute Gasteiger partial charge is 0.293 e. The topological polar surface area (TPSA) is 3.24 Å². The highest BCUT2D eigenvalue weighted by Crippen LogP contribution is 2.39. The van der Waals surface area contributed by atoms with Gasteiger partial charge in [0, 0.05) is 28.7 Å². The quantitative estimate of drug-likeness (QED) is 0.729. The van der Waals surface area contributed by atoms with Crippen LogP contribution in [0.3, 0.4) is 0 Å². The van der Waals surface area contributed by atoms with Crippen molar-refractivity contribution in [3.8, 4) is 0 Å². The lowest BCUT2D eigenvalue weighted by atomic mass is 10.0. The molecule has 3 heterocycles. The van der Waals surface area contributed by atoms with Crippen LogP contribution in [-0.4, -0.2) is 22.4 Å². The van der Waals surface area contributed by atoms with Gasteiger partial charge in [-0.25, -0.2) is 0 Å². The van der Waals surface area contributed by atoms with E-state index in [1.54, 1.807) is 0 Å². The SMILES string of the molecule is ClC1CC2CCC(C1)N2Cc1csc2ccccc12. The summed E-state index contributed by atoms with van der Waals surface area (Å²) in [6.45, 7) is 1.11. The van der Waals surface area contributed by atoms with E-state index in [0.29, 0.717) is 5.38 Å². The van der Waals surface area contributed by atoms with E-state index in [1.807, 2.05) is 11.3 Å². The van der Waals surface area contributed by atoms with Crippen LogP contribution in [0.1, 0.15) is 31.2 Å². The Morgan fingerprint density at radius 1 is 1.16 bits per heavy atom. The number of alkyl halides is 1. The van der Waals surface area contributed by atoms with Crippen molar-refractivity contribution >= 4 is 33.0 Å². The van der Waals surface area contributed by atoms with Gasteiger partial charge in [-0.15, -0.1) is 22.9 Å². The summed E-state index contributed by atoms with van der Waals surface area (Å²) in [5.41, 5.74) is 1.51. The molecule has 2 saturated heterocycles. The average Bonchev–Trinajstić information content (AvgIpc) is 2.92. The van der Waals surface area contributed by atoms with E-state index in [1.165, 1.54) is 41.3 Å². The van der Waals surface area contributed by atoms with E-state index in [-0.39, 0.29) is 0 Å². The lowest BCUT2D eigenvalue weighted by Gasteiger charge is -2.36. The predicted octanol–water partition coefficient (Wildman–Crippen LogP) is 4.64. The second-order valence-corrected chi connectivity index (χ2v) is 7.41. The maximum atomic E-state index is 6.36. The van der Waals surface area contributed by atoms with Crippen LogP contribution in [0.2, 0.25) is 0 Å². The van der Waals surface area contributed by atoms with Gasteiger partial charge in [0.15, 0.2) is 0 Å². The Morgan fingerprint density at radius 3 is 2.68 bits per heavy atom. The third-order valence-corrected chi connectivity index (χ3v) is 6.11. The van der Waals surface area contributed by atoms with Crippen LogP contribution >= 0.6 is 22.9 Å². The zero-order chi connectivity index (χ0) is 12.8. The minimum Gasteiger partial charge on any atom is -0.293 e. The van der Waals surface area contributed by atoms with Crippen molar-refractivity contribution in [2.45, 2.75) is 49.7 Å². The van der Waals surface area contributed by atoms with Gasteiger partial charge in [-0.1, -0.05) is 18.2 Å². The summed E-state index contributed by atoms with van der Waals surface area (Å²) >= 11 is 8.24. The maximum Gasteiger partial charge on any atom is 0.0365 e. The van der Waals surface area contributed by atoms with E-state index >= 15 is 0 Å². The molecule has 0 saturated carbocycles. The van der Waals surface area contributed by atoms with Crippen molar-refractivity contribution in [3.05, 3.63) is 35.2 Å². The van der Waals surface area contributed by atoms with Crippen LogP contribution in [0.4, 0.5) is 0 Å². The van der Waals surface area contributed by atoms with Gasteiger partial charge in [-0.3, -0.25) is 4.90 Å². The number of hydrogen-bond acceptors (Lipinski definition) is 2. The third-order valence-electron chi connectivity index (χ3n) is 4.74. The van der Waals surface area contributed by atoms with Crippen LogP contribution < -0.4 is 0 Å². The lowest BCUT2D eigenvalue weighted by Crippen LogP contribution is -2.42. The van der Waals surface area contributed by atoms with Crippen molar-refractivity contribution in [3.63, 3.8) is 0 Å². The Labute approximate surface area is 123 Å². The van der Waals surface area contributed by atoms with Crippen LogP contribution in [-0.2, 0) is 6.54 Å². The zero-order valence-electron chi connectivity index (χ0n) is 10.9. The van der Waals surface area contributed by atoms with Crippen LogP contribution in [0.15, 0.2) is 29.6 Å². The molecule has 0 spiro atoms. The first-order chi connectivity index (χ1) is 9.31. The number of thiophene rings is 1. The fourth-order valence-corrected chi connectivity index (χ4v) is 5.18. The summed E-state index contributed by atoms with van der Waals surface area (Å²) in [5, 5.41) is 4.20. The molecule has 1 aromatic heterocycles. The van der Waals surface area contributed by atoms with E-state index in [9.17, 15) is 0 Å². The van der Waals surface area contributed by atoms with E-state index in [0.717, 1.165) is 18.6 Å². The molecule has 0 amide bonds. The highest BCUT2D eigenvalue weighted by Gasteiger charge is 2.39. The van der Waals surface area contributed by atoms with Gasteiger partial charge < -0.3 is 0 Å². The van der Waals surface area contributed by atoms with Gasteiger partial charge in [-0.05, 0) is 48.1 Å². The van der Waals surface area contributed by atoms with Crippen molar-refractivity contribution in [1.29, 1.82) is 0 Å². The summed E-state index contributed by atoms with van der Waals surface area (Å²) in [7, 11) is 0. The van der Waals surface area contributed by atoms with Crippen molar-refractivity contribution < 1.29 is 0 Å². The van der Waals surface area contributed by atoms with Crippen LogP contribution in [0.5, 0.6) is 0 Å². The first-order valence-corrected chi connectivity index (χ1v) is 8.48. The summed E-state index contributed by atoms with van der Waals surface area (Å²) in [4.78, 5) is 2.72. The van der Waals surface area contributed by atoms with Crippen LogP contribution in [0.25, 0.3) is 10.1 Å². The molecule has 2 aliphatic rings.